The highest BCUT2D eigenvalue weighted by Gasteiger charge is 1.58. The molecule has 0 saturated carbocycles. The molecule has 0 saturated heterocycles. The normalized spacial score (nSPS) is 9.67. The van der Waals surface area contributed by atoms with Gasteiger partial charge in [0.25, 0.3) is 0 Å². The van der Waals surface area contributed by atoms with Crippen molar-refractivity contribution in [2.75, 3.05) is 6.54 Å². The summed E-state index contributed by atoms with van der Waals surface area (Å²) in [6.07, 6.45) is 2.94. The van der Waals surface area contributed by atoms with Gasteiger partial charge in [0.15, 0.2) is 0 Å². The second kappa shape index (κ2) is 4.46. The SMILES string of the molecule is NCC=CON. The van der Waals surface area contributed by atoms with Crippen molar-refractivity contribution in [2.24, 2.45) is 11.6 Å². The standard InChI is InChI=1S/C3H8N2O/c4-2-1-3-6-5/h1,3H,2,4-5H2. The van der Waals surface area contributed by atoms with Gasteiger partial charge in [0.2, 0.25) is 0 Å². The van der Waals surface area contributed by atoms with E-state index in [1.54, 1.807) is 6.08 Å². The summed E-state index contributed by atoms with van der Waals surface area (Å²) in [5.74, 6) is 4.57. The van der Waals surface area contributed by atoms with Crippen molar-refractivity contribution in [1.29, 1.82) is 0 Å². The Hall–Kier alpha value is -0.540. The summed E-state index contributed by atoms with van der Waals surface area (Å²) in [6.45, 7) is 0.469. The highest BCUT2D eigenvalue weighted by molar-refractivity contribution is 4.72. The second-order valence-corrected chi connectivity index (χ2v) is 0.744. The van der Waals surface area contributed by atoms with Gasteiger partial charge in [0.1, 0.15) is 6.26 Å². The zero-order valence-electron chi connectivity index (χ0n) is 3.42. The van der Waals surface area contributed by atoms with Crippen LogP contribution in [-0.4, -0.2) is 6.54 Å². The lowest BCUT2D eigenvalue weighted by Gasteiger charge is -1.79. The Balaban J connectivity index is 2.73. The quantitative estimate of drug-likeness (QED) is 0.348. The molecule has 36 valence electrons. The summed E-state index contributed by atoms with van der Waals surface area (Å²) in [7, 11) is 0. The molecule has 3 nitrogen and oxygen atoms in total. The van der Waals surface area contributed by atoms with E-state index in [1.807, 2.05) is 0 Å². The Morgan fingerprint density at radius 3 is 2.50 bits per heavy atom. The smallest absolute Gasteiger partial charge is 0.108 e. The van der Waals surface area contributed by atoms with Gasteiger partial charge in [-0.25, -0.2) is 0 Å². The van der Waals surface area contributed by atoms with Crippen LogP contribution in [0, 0.1) is 0 Å². The van der Waals surface area contributed by atoms with E-state index in [9.17, 15) is 0 Å². The third-order valence-corrected chi connectivity index (χ3v) is 0.311. The number of hydrogen-bond donors (Lipinski definition) is 2. The highest BCUT2D eigenvalue weighted by atomic mass is 16.6. The zero-order chi connectivity index (χ0) is 4.83. The van der Waals surface area contributed by atoms with Crippen molar-refractivity contribution in [3.8, 4) is 0 Å². The van der Waals surface area contributed by atoms with Crippen LogP contribution in [0.2, 0.25) is 0 Å². The maximum Gasteiger partial charge on any atom is 0.108 e. The number of hydrogen-bond acceptors (Lipinski definition) is 3. The van der Waals surface area contributed by atoms with E-state index in [2.05, 4.69) is 10.7 Å². The van der Waals surface area contributed by atoms with Gasteiger partial charge in [-0.1, -0.05) is 0 Å². The van der Waals surface area contributed by atoms with Gasteiger partial charge in [0.05, 0.1) is 0 Å². The molecule has 0 unspecified atom stereocenters. The van der Waals surface area contributed by atoms with Crippen molar-refractivity contribution < 1.29 is 4.84 Å². The van der Waals surface area contributed by atoms with Crippen LogP contribution >= 0.6 is 0 Å². The van der Waals surface area contributed by atoms with Crippen LogP contribution < -0.4 is 11.6 Å². The van der Waals surface area contributed by atoms with Crippen LogP contribution in [0.1, 0.15) is 0 Å². The molecule has 6 heavy (non-hydrogen) atoms. The van der Waals surface area contributed by atoms with Crippen molar-refractivity contribution in [3.05, 3.63) is 12.3 Å². The van der Waals surface area contributed by atoms with Crippen molar-refractivity contribution in [1.82, 2.24) is 0 Å². The number of rotatable bonds is 2. The second-order valence-electron chi connectivity index (χ2n) is 0.744. The average molecular weight is 88.1 g/mol. The van der Waals surface area contributed by atoms with Crippen LogP contribution in [0.4, 0.5) is 0 Å². The van der Waals surface area contributed by atoms with Crippen LogP contribution in [0.5, 0.6) is 0 Å². The van der Waals surface area contributed by atoms with Crippen LogP contribution in [-0.2, 0) is 4.84 Å². The molecule has 0 amide bonds. The largest absolute Gasteiger partial charge is 0.420 e. The summed E-state index contributed by atoms with van der Waals surface area (Å²) >= 11 is 0. The third-order valence-electron chi connectivity index (χ3n) is 0.311. The summed E-state index contributed by atoms with van der Waals surface area (Å²) in [5, 5.41) is 0. The lowest BCUT2D eigenvalue weighted by Crippen LogP contribution is -1.94. The van der Waals surface area contributed by atoms with E-state index >= 15 is 0 Å². The van der Waals surface area contributed by atoms with Crippen molar-refractivity contribution in [2.45, 2.75) is 0 Å². The topological polar surface area (TPSA) is 61.3 Å². The van der Waals surface area contributed by atoms with Crippen molar-refractivity contribution in [3.63, 3.8) is 0 Å². The molecule has 0 aromatic rings. The van der Waals surface area contributed by atoms with Crippen LogP contribution in [0.15, 0.2) is 12.3 Å². The lowest BCUT2D eigenvalue weighted by molar-refractivity contribution is 0.260. The molecule has 0 aromatic carbocycles. The minimum Gasteiger partial charge on any atom is -0.420 e. The maximum absolute atomic E-state index is 4.99. The lowest BCUT2D eigenvalue weighted by atomic mass is 10.6. The van der Waals surface area contributed by atoms with Gasteiger partial charge in [-0.2, -0.15) is 5.90 Å². The van der Waals surface area contributed by atoms with E-state index < -0.39 is 0 Å². The van der Waals surface area contributed by atoms with Gasteiger partial charge >= 0.3 is 0 Å². The third kappa shape index (κ3) is 3.46. The van der Waals surface area contributed by atoms with Crippen molar-refractivity contribution >= 4 is 0 Å². The minimum atomic E-state index is 0.469. The van der Waals surface area contributed by atoms with Gasteiger partial charge in [-0.05, 0) is 6.08 Å². The molecule has 0 atom stereocenters. The molecule has 0 aliphatic carbocycles. The molecule has 0 heterocycles. The molecule has 3 heteroatoms. The molecule has 0 bridgehead atoms. The molecule has 0 fully saturated rings. The summed E-state index contributed by atoms with van der Waals surface area (Å²) in [5.41, 5.74) is 4.99. The summed E-state index contributed by atoms with van der Waals surface area (Å²) in [4.78, 5) is 4.02. The Morgan fingerprint density at radius 1 is 1.67 bits per heavy atom. The first kappa shape index (κ1) is 5.46. The Bertz CT molecular complexity index is 38.1. The Kier molecular flexibility index (Phi) is 4.06. The first-order valence-corrected chi connectivity index (χ1v) is 1.62. The zero-order valence-corrected chi connectivity index (χ0v) is 3.42. The fraction of sp³-hybridized carbons (Fsp3) is 0.333. The van der Waals surface area contributed by atoms with E-state index in [-0.39, 0.29) is 0 Å². The molecule has 0 aliphatic heterocycles. The molecule has 0 aromatic heterocycles. The fourth-order valence-corrected chi connectivity index (χ4v) is 0.111. The minimum absolute atomic E-state index is 0.469. The van der Waals surface area contributed by atoms with Gasteiger partial charge < -0.3 is 10.6 Å². The Labute approximate surface area is 36.5 Å². The van der Waals surface area contributed by atoms with E-state index in [0.29, 0.717) is 6.54 Å². The fourth-order valence-electron chi connectivity index (χ4n) is 0.111. The van der Waals surface area contributed by atoms with E-state index in [1.165, 1.54) is 6.26 Å². The summed E-state index contributed by atoms with van der Waals surface area (Å²) < 4.78 is 0. The average Bonchev–Trinajstić information content (AvgIpc) is 1.61. The van der Waals surface area contributed by atoms with E-state index in [4.69, 9.17) is 5.73 Å². The molecular formula is C3H8N2O. The maximum atomic E-state index is 4.99. The molecule has 0 rings (SSSR count). The predicted molar refractivity (Wildman–Crippen MR) is 23.5 cm³/mol. The molecule has 4 N–H and O–H groups in total. The van der Waals surface area contributed by atoms with Gasteiger partial charge in [-0.3, -0.25) is 0 Å². The first-order valence-electron chi connectivity index (χ1n) is 1.62. The monoisotopic (exact) mass is 88.1 g/mol. The van der Waals surface area contributed by atoms with Crippen LogP contribution in [0.3, 0.4) is 0 Å². The van der Waals surface area contributed by atoms with E-state index in [0.717, 1.165) is 0 Å². The number of nitrogens with two attached hydrogens (primary N) is 2. The van der Waals surface area contributed by atoms with Gasteiger partial charge in [-0.15, -0.1) is 0 Å². The highest BCUT2D eigenvalue weighted by Crippen LogP contribution is 1.60. The predicted octanol–water partition coefficient (Wildman–Crippen LogP) is -0.651. The summed E-state index contributed by atoms with van der Waals surface area (Å²) in [6, 6.07) is 0. The Morgan fingerprint density at radius 2 is 2.33 bits per heavy atom. The molecule has 0 radical (unpaired) electrons. The first-order chi connectivity index (χ1) is 2.91. The molecule has 0 spiro atoms. The molecule has 0 aliphatic rings. The van der Waals surface area contributed by atoms with Crippen LogP contribution in [0.25, 0.3) is 0 Å². The molecular weight excluding hydrogens is 80.0 g/mol. The van der Waals surface area contributed by atoms with Gasteiger partial charge in [0, 0.05) is 6.54 Å².